The van der Waals surface area contributed by atoms with Crippen molar-refractivity contribution >= 4 is 10.0 Å². The quantitative estimate of drug-likeness (QED) is 0.729. The number of hydrogen-bond acceptors (Lipinski definition) is 3. The topological polar surface area (TPSA) is 69.4 Å². The second-order valence-corrected chi connectivity index (χ2v) is 6.21. The summed E-state index contributed by atoms with van der Waals surface area (Å²) in [6, 6.07) is 0. The van der Waals surface area contributed by atoms with Crippen LogP contribution in [0.25, 0.3) is 0 Å². The van der Waals surface area contributed by atoms with Gasteiger partial charge in [0.2, 0.25) is 10.0 Å². The summed E-state index contributed by atoms with van der Waals surface area (Å²) >= 11 is 0. The molecular weight excluding hydrogens is 214 g/mol. The molecule has 1 fully saturated rings. The van der Waals surface area contributed by atoms with Gasteiger partial charge < -0.3 is 4.74 Å². The van der Waals surface area contributed by atoms with Gasteiger partial charge in [-0.25, -0.2) is 13.6 Å². The Morgan fingerprint density at radius 1 is 1.27 bits per heavy atom. The standard InChI is InChI=1S/C10H21NO3S/c1-9-3-5-10(6-4-9)14-7-2-8-15(11,12)13/h9-10H,2-8H2,1H3,(H2,11,12,13). The largest absolute Gasteiger partial charge is 0.378 e. The van der Waals surface area contributed by atoms with Gasteiger partial charge >= 0.3 is 0 Å². The monoisotopic (exact) mass is 235 g/mol. The molecule has 0 saturated heterocycles. The summed E-state index contributed by atoms with van der Waals surface area (Å²) in [5, 5.41) is 4.89. The highest BCUT2D eigenvalue weighted by Gasteiger charge is 2.18. The van der Waals surface area contributed by atoms with E-state index >= 15 is 0 Å². The fourth-order valence-corrected chi connectivity index (χ4v) is 2.43. The summed E-state index contributed by atoms with van der Waals surface area (Å²) in [6.07, 6.45) is 5.50. The van der Waals surface area contributed by atoms with E-state index in [0.29, 0.717) is 19.1 Å². The number of sulfonamides is 1. The molecule has 1 saturated carbocycles. The molecule has 1 aliphatic rings. The van der Waals surface area contributed by atoms with Crippen molar-refractivity contribution in [3.63, 3.8) is 0 Å². The molecule has 0 aromatic carbocycles. The Morgan fingerprint density at radius 3 is 2.40 bits per heavy atom. The molecule has 0 amide bonds. The lowest BCUT2D eigenvalue weighted by Crippen LogP contribution is -2.22. The average molecular weight is 235 g/mol. The molecule has 1 aliphatic carbocycles. The molecule has 0 aromatic heterocycles. The van der Waals surface area contributed by atoms with E-state index in [1.165, 1.54) is 12.8 Å². The molecule has 1 rings (SSSR count). The van der Waals surface area contributed by atoms with Crippen LogP contribution < -0.4 is 5.14 Å². The van der Waals surface area contributed by atoms with Gasteiger partial charge in [-0.05, 0) is 38.0 Å². The molecule has 0 bridgehead atoms. The van der Waals surface area contributed by atoms with E-state index in [1.54, 1.807) is 0 Å². The van der Waals surface area contributed by atoms with Gasteiger partial charge in [-0.2, -0.15) is 0 Å². The minimum Gasteiger partial charge on any atom is -0.378 e. The molecule has 0 heterocycles. The van der Waals surface area contributed by atoms with Gasteiger partial charge in [0, 0.05) is 6.61 Å². The second-order valence-electron chi connectivity index (χ2n) is 4.47. The van der Waals surface area contributed by atoms with Crippen molar-refractivity contribution < 1.29 is 13.2 Å². The van der Waals surface area contributed by atoms with E-state index in [2.05, 4.69) is 6.92 Å². The molecule has 0 aliphatic heterocycles. The third-order valence-electron chi connectivity index (χ3n) is 2.89. The van der Waals surface area contributed by atoms with Crippen LogP contribution in [0.15, 0.2) is 0 Å². The van der Waals surface area contributed by atoms with Crippen LogP contribution in [0.4, 0.5) is 0 Å². The first-order chi connectivity index (χ1) is 6.97. The van der Waals surface area contributed by atoms with Crippen LogP contribution >= 0.6 is 0 Å². The summed E-state index contributed by atoms with van der Waals surface area (Å²) in [5.41, 5.74) is 0. The first kappa shape index (κ1) is 12.9. The fraction of sp³-hybridized carbons (Fsp3) is 1.00. The highest BCUT2D eigenvalue weighted by molar-refractivity contribution is 7.89. The van der Waals surface area contributed by atoms with Crippen LogP contribution in [0.1, 0.15) is 39.0 Å². The van der Waals surface area contributed by atoms with Crippen molar-refractivity contribution in [2.24, 2.45) is 11.1 Å². The van der Waals surface area contributed by atoms with Crippen molar-refractivity contribution in [3.8, 4) is 0 Å². The first-order valence-electron chi connectivity index (χ1n) is 5.59. The number of nitrogens with two attached hydrogens (primary N) is 1. The van der Waals surface area contributed by atoms with Gasteiger partial charge in [-0.3, -0.25) is 0 Å². The third kappa shape index (κ3) is 6.12. The highest BCUT2D eigenvalue weighted by atomic mass is 32.2. The first-order valence-corrected chi connectivity index (χ1v) is 7.31. The number of rotatable bonds is 5. The Hall–Kier alpha value is -0.130. The lowest BCUT2D eigenvalue weighted by atomic mass is 9.89. The maximum absolute atomic E-state index is 10.6. The van der Waals surface area contributed by atoms with E-state index in [1.807, 2.05) is 0 Å². The molecule has 15 heavy (non-hydrogen) atoms. The van der Waals surface area contributed by atoms with Crippen molar-refractivity contribution in [2.45, 2.75) is 45.1 Å². The van der Waals surface area contributed by atoms with Crippen molar-refractivity contribution in [3.05, 3.63) is 0 Å². The van der Waals surface area contributed by atoms with Gasteiger partial charge in [-0.15, -0.1) is 0 Å². The molecule has 0 atom stereocenters. The Morgan fingerprint density at radius 2 is 1.87 bits per heavy atom. The van der Waals surface area contributed by atoms with Crippen LogP contribution in [-0.2, 0) is 14.8 Å². The highest BCUT2D eigenvalue weighted by Crippen LogP contribution is 2.25. The number of primary sulfonamides is 1. The Kier molecular flexibility index (Phi) is 5.02. The Labute approximate surface area is 92.2 Å². The normalized spacial score (nSPS) is 27.9. The van der Waals surface area contributed by atoms with E-state index < -0.39 is 10.0 Å². The van der Waals surface area contributed by atoms with E-state index in [0.717, 1.165) is 18.8 Å². The molecule has 2 N–H and O–H groups in total. The molecule has 90 valence electrons. The summed E-state index contributed by atoms with van der Waals surface area (Å²) in [7, 11) is -3.32. The van der Waals surface area contributed by atoms with Crippen LogP contribution in [0.2, 0.25) is 0 Å². The van der Waals surface area contributed by atoms with Crippen LogP contribution in [0, 0.1) is 5.92 Å². The van der Waals surface area contributed by atoms with Gasteiger partial charge in [0.05, 0.1) is 11.9 Å². The fourth-order valence-electron chi connectivity index (χ4n) is 1.91. The number of ether oxygens (including phenoxy) is 1. The zero-order chi connectivity index (χ0) is 11.3. The van der Waals surface area contributed by atoms with Crippen LogP contribution in [0.5, 0.6) is 0 Å². The molecule has 0 spiro atoms. The zero-order valence-electron chi connectivity index (χ0n) is 9.31. The number of hydrogen-bond donors (Lipinski definition) is 1. The maximum atomic E-state index is 10.6. The van der Waals surface area contributed by atoms with Gasteiger partial charge in [0.1, 0.15) is 0 Å². The minimum absolute atomic E-state index is 0.0239. The van der Waals surface area contributed by atoms with E-state index in [-0.39, 0.29) is 5.75 Å². The van der Waals surface area contributed by atoms with Gasteiger partial charge in [0.15, 0.2) is 0 Å². The predicted molar refractivity (Wildman–Crippen MR) is 60.0 cm³/mol. The predicted octanol–water partition coefficient (Wildman–Crippen LogP) is 1.26. The molecular formula is C10H21NO3S. The van der Waals surface area contributed by atoms with Crippen molar-refractivity contribution in [1.29, 1.82) is 0 Å². The summed E-state index contributed by atoms with van der Waals surface area (Å²) < 4.78 is 26.9. The smallest absolute Gasteiger partial charge is 0.209 e. The maximum Gasteiger partial charge on any atom is 0.209 e. The van der Waals surface area contributed by atoms with E-state index in [4.69, 9.17) is 9.88 Å². The summed E-state index contributed by atoms with van der Waals surface area (Å²) in [6.45, 7) is 2.77. The molecule has 0 unspecified atom stereocenters. The van der Waals surface area contributed by atoms with Crippen molar-refractivity contribution in [2.75, 3.05) is 12.4 Å². The molecule has 4 nitrogen and oxygen atoms in total. The molecule has 0 radical (unpaired) electrons. The average Bonchev–Trinajstić information content (AvgIpc) is 2.14. The van der Waals surface area contributed by atoms with Crippen LogP contribution in [0.3, 0.4) is 0 Å². The Balaban J connectivity index is 2.06. The SMILES string of the molecule is CC1CCC(OCCCS(N)(=O)=O)CC1. The van der Waals surface area contributed by atoms with Crippen molar-refractivity contribution in [1.82, 2.24) is 0 Å². The molecule has 5 heteroatoms. The second kappa shape index (κ2) is 5.82. The Bertz CT molecular complexity index is 268. The summed E-state index contributed by atoms with van der Waals surface area (Å²) in [5.74, 6) is 0.838. The minimum atomic E-state index is -3.32. The summed E-state index contributed by atoms with van der Waals surface area (Å²) in [4.78, 5) is 0. The van der Waals surface area contributed by atoms with Gasteiger partial charge in [0.25, 0.3) is 0 Å². The zero-order valence-corrected chi connectivity index (χ0v) is 10.1. The van der Waals surface area contributed by atoms with Gasteiger partial charge in [-0.1, -0.05) is 6.92 Å². The van der Waals surface area contributed by atoms with E-state index in [9.17, 15) is 8.42 Å². The lowest BCUT2D eigenvalue weighted by molar-refractivity contribution is 0.0205. The third-order valence-corrected chi connectivity index (χ3v) is 3.75. The lowest BCUT2D eigenvalue weighted by Gasteiger charge is -2.26. The molecule has 0 aromatic rings. The van der Waals surface area contributed by atoms with Crippen LogP contribution in [-0.4, -0.2) is 26.9 Å².